The average molecular weight is 240 g/mol. The standard InChI is InChI=1S/C13H13BN2O2/c17-14(18)12-6-10(9-1-2-9)5-11(7-12)13-3-4-15-8-16-13/h3-9,17-18H,1-2H2. The summed E-state index contributed by atoms with van der Waals surface area (Å²) in [4.78, 5) is 8.08. The van der Waals surface area contributed by atoms with Crippen molar-refractivity contribution in [3.05, 3.63) is 42.4 Å². The van der Waals surface area contributed by atoms with Crippen LogP contribution in [0.2, 0.25) is 0 Å². The molecule has 0 saturated heterocycles. The van der Waals surface area contributed by atoms with Gasteiger partial charge in [0.2, 0.25) is 0 Å². The smallest absolute Gasteiger partial charge is 0.423 e. The molecule has 3 rings (SSSR count). The lowest BCUT2D eigenvalue weighted by atomic mass is 9.78. The van der Waals surface area contributed by atoms with Gasteiger partial charge in [-0.1, -0.05) is 12.1 Å². The minimum atomic E-state index is -1.44. The SMILES string of the molecule is OB(O)c1cc(-c2ccncn2)cc(C2CC2)c1. The van der Waals surface area contributed by atoms with E-state index in [0.717, 1.165) is 16.8 Å². The molecule has 0 unspecified atom stereocenters. The van der Waals surface area contributed by atoms with Crippen molar-refractivity contribution in [1.29, 1.82) is 0 Å². The number of rotatable bonds is 3. The van der Waals surface area contributed by atoms with Gasteiger partial charge in [0.1, 0.15) is 6.33 Å². The fraction of sp³-hybridized carbons (Fsp3) is 0.231. The summed E-state index contributed by atoms with van der Waals surface area (Å²) in [6.45, 7) is 0. The number of hydrogen-bond donors (Lipinski definition) is 2. The molecule has 4 nitrogen and oxygen atoms in total. The topological polar surface area (TPSA) is 66.2 Å². The second-order valence-corrected chi connectivity index (χ2v) is 4.63. The molecule has 1 heterocycles. The molecule has 0 radical (unpaired) electrons. The molecule has 1 fully saturated rings. The van der Waals surface area contributed by atoms with E-state index < -0.39 is 7.12 Å². The van der Waals surface area contributed by atoms with Gasteiger partial charge in [0.05, 0.1) is 5.69 Å². The van der Waals surface area contributed by atoms with Crippen LogP contribution in [-0.4, -0.2) is 27.1 Å². The van der Waals surface area contributed by atoms with E-state index in [4.69, 9.17) is 0 Å². The van der Waals surface area contributed by atoms with Gasteiger partial charge in [0, 0.05) is 11.8 Å². The van der Waals surface area contributed by atoms with Gasteiger partial charge < -0.3 is 10.0 Å². The van der Waals surface area contributed by atoms with Crippen molar-refractivity contribution in [2.24, 2.45) is 0 Å². The Balaban J connectivity index is 2.08. The molecule has 2 N–H and O–H groups in total. The third-order valence-electron chi connectivity index (χ3n) is 3.20. The van der Waals surface area contributed by atoms with E-state index in [2.05, 4.69) is 16.0 Å². The highest BCUT2D eigenvalue weighted by Gasteiger charge is 2.25. The molecule has 5 heteroatoms. The van der Waals surface area contributed by atoms with Crippen LogP contribution in [0, 0.1) is 0 Å². The Bertz CT molecular complexity index is 536. The van der Waals surface area contributed by atoms with Crippen molar-refractivity contribution >= 4 is 12.6 Å². The zero-order valence-corrected chi connectivity index (χ0v) is 9.82. The molecule has 1 aliphatic rings. The van der Waals surface area contributed by atoms with Crippen LogP contribution in [0.25, 0.3) is 11.3 Å². The summed E-state index contributed by atoms with van der Waals surface area (Å²) < 4.78 is 0. The Kier molecular flexibility index (Phi) is 2.85. The van der Waals surface area contributed by atoms with Gasteiger partial charge in [-0.2, -0.15) is 0 Å². The maximum atomic E-state index is 9.34. The number of hydrogen-bond acceptors (Lipinski definition) is 4. The first-order valence-corrected chi connectivity index (χ1v) is 6.01. The highest BCUT2D eigenvalue weighted by atomic mass is 16.4. The van der Waals surface area contributed by atoms with Gasteiger partial charge >= 0.3 is 7.12 Å². The first-order valence-electron chi connectivity index (χ1n) is 6.01. The second kappa shape index (κ2) is 4.51. The van der Waals surface area contributed by atoms with E-state index >= 15 is 0 Å². The maximum absolute atomic E-state index is 9.34. The quantitative estimate of drug-likeness (QED) is 0.775. The molecule has 0 amide bonds. The highest BCUT2D eigenvalue weighted by molar-refractivity contribution is 6.58. The summed E-state index contributed by atoms with van der Waals surface area (Å²) in [5.41, 5.74) is 3.39. The molecule has 90 valence electrons. The van der Waals surface area contributed by atoms with E-state index in [1.807, 2.05) is 12.1 Å². The number of aromatic nitrogens is 2. The predicted molar refractivity (Wildman–Crippen MR) is 69.3 cm³/mol. The summed E-state index contributed by atoms with van der Waals surface area (Å²) in [5.74, 6) is 0.560. The Morgan fingerprint density at radius 1 is 1.17 bits per heavy atom. The van der Waals surface area contributed by atoms with E-state index in [1.165, 1.54) is 19.2 Å². The molecule has 0 spiro atoms. The molecule has 1 aromatic heterocycles. The first kappa shape index (κ1) is 11.4. The lowest BCUT2D eigenvalue weighted by Crippen LogP contribution is -2.30. The summed E-state index contributed by atoms with van der Waals surface area (Å²) >= 11 is 0. The summed E-state index contributed by atoms with van der Waals surface area (Å²) in [6, 6.07) is 7.53. The molecule has 0 aliphatic heterocycles. The first-order chi connectivity index (χ1) is 8.74. The zero-order valence-electron chi connectivity index (χ0n) is 9.82. The van der Waals surface area contributed by atoms with Crippen LogP contribution in [0.4, 0.5) is 0 Å². The minimum Gasteiger partial charge on any atom is -0.423 e. The van der Waals surface area contributed by atoms with E-state index in [0.29, 0.717) is 11.4 Å². The molecule has 0 bridgehead atoms. The van der Waals surface area contributed by atoms with E-state index in [-0.39, 0.29) is 0 Å². The third kappa shape index (κ3) is 2.28. The second-order valence-electron chi connectivity index (χ2n) is 4.63. The van der Waals surface area contributed by atoms with Gasteiger partial charge in [-0.05, 0) is 41.9 Å². The Hall–Kier alpha value is -1.72. The van der Waals surface area contributed by atoms with Crippen LogP contribution in [-0.2, 0) is 0 Å². The summed E-state index contributed by atoms with van der Waals surface area (Å²) in [6.07, 6.45) is 5.53. The number of nitrogens with zero attached hydrogens (tertiary/aromatic N) is 2. The molecule has 18 heavy (non-hydrogen) atoms. The summed E-state index contributed by atoms with van der Waals surface area (Å²) in [7, 11) is -1.44. The minimum absolute atomic E-state index is 0.521. The van der Waals surface area contributed by atoms with Crippen LogP contribution < -0.4 is 5.46 Å². The van der Waals surface area contributed by atoms with Crippen LogP contribution >= 0.6 is 0 Å². The van der Waals surface area contributed by atoms with Crippen LogP contribution in [0.15, 0.2) is 36.8 Å². The molecule has 2 aromatic rings. The molecular formula is C13H13BN2O2. The lowest BCUT2D eigenvalue weighted by molar-refractivity contribution is 0.425. The van der Waals surface area contributed by atoms with Crippen molar-refractivity contribution in [1.82, 2.24) is 9.97 Å². The lowest BCUT2D eigenvalue weighted by Gasteiger charge is -2.08. The molecule has 1 aliphatic carbocycles. The molecule has 1 aromatic carbocycles. The van der Waals surface area contributed by atoms with Gasteiger partial charge in [0.25, 0.3) is 0 Å². The van der Waals surface area contributed by atoms with Crippen LogP contribution in [0.3, 0.4) is 0 Å². The average Bonchev–Trinajstić information content (AvgIpc) is 3.23. The van der Waals surface area contributed by atoms with Crippen molar-refractivity contribution in [2.45, 2.75) is 18.8 Å². The summed E-state index contributed by atoms with van der Waals surface area (Å²) in [5, 5.41) is 18.7. The van der Waals surface area contributed by atoms with Crippen molar-refractivity contribution in [3.8, 4) is 11.3 Å². The fourth-order valence-electron chi connectivity index (χ4n) is 2.09. The zero-order chi connectivity index (χ0) is 12.5. The van der Waals surface area contributed by atoms with Crippen molar-refractivity contribution in [2.75, 3.05) is 0 Å². The van der Waals surface area contributed by atoms with Gasteiger partial charge in [-0.3, -0.25) is 0 Å². The third-order valence-corrected chi connectivity index (χ3v) is 3.20. The van der Waals surface area contributed by atoms with Crippen LogP contribution in [0.1, 0.15) is 24.3 Å². The normalized spacial score (nSPS) is 14.6. The number of benzene rings is 1. The molecular weight excluding hydrogens is 227 g/mol. The Morgan fingerprint density at radius 2 is 2.00 bits per heavy atom. The maximum Gasteiger partial charge on any atom is 0.488 e. The Morgan fingerprint density at radius 3 is 2.61 bits per heavy atom. The molecule has 1 saturated carbocycles. The van der Waals surface area contributed by atoms with E-state index in [9.17, 15) is 10.0 Å². The predicted octanol–water partition coefficient (Wildman–Crippen LogP) is 0.701. The monoisotopic (exact) mass is 240 g/mol. The van der Waals surface area contributed by atoms with E-state index in [1.54, 1.807) is 12.3 Å². The van der Waals surface area contributed by atoms with Gasteiger partial charge in [0.15, 0.2) is 0 Å². The van der Waals surface area contributed by atoms with Gasteiger partial charge in [-0.15, -0.1) is 0 Å². The van der Waals surface area contributed by atoms with Crippen LogP contribution in [0.5, 0.6) is 0 Å². The highest BCUT2D eigenvalue weighted by Crippen LogP contribution is 2.40. The van der Waals surface area contributed by atoms with Crippen molar-refractivity contribution in [3.63, 3.8) is 0 Å². The Labute approximate surface area is 105 Å². The molecule has 0 atom stereocenters. The van der Waals surface area contributed by atoms with Crippen molar-refractivity contribution < 1.29 is 10.0 Å². The van der Waals surface area contributed by atoms with Gasteiger partial charge in [-0.25, -0.2) is 9.97 Å². The largest absolute Gasteiger partial charge is 0.488 e. The fourth-order valence-corrected chi connectivity index (χ4v) is 2.09.